The van der Waals surface area contributed by atoms with Crippen LogP contribution in [0.4, 0.5) is 8.78 Å². The number of hydrogen-bond acceptors (Lipinski definition) is 2. The van der Waals surface area contributed by atoms with E-state index in [0.29, 0.717) is 6.54 Å². The number of carbonyl (C=O) groups is 1. The van der Waals surface area contributed by atoms with Crippen LogP contribution >= 0.6 is 12.4 Å². The Bertz CT molecular complexity index is 409. The van der Waals surface area contributed by atoms with Gasteiger partial charge in [-0.2, -0.15) is 0 Å². The minimum absolute atomic E-state index is 0. The first kappa shape index (κ1) is 18.8. The quantitative estimate of drug-likeness (QED) is 0.813. The van der Waals surface area contributed by atoms with E-state index in [9.17, 15) is 13.6 Å². The minimum Gasteiger partial charge on any atom is -0.352 e. The number of nitrogens with two attached hydrogens (primary N) is 1. The molecule has 1 aromatic rings. The molecule has 3 nitrogen and oxygen atoms in total. The monoisotopic (exact) mass is 306 g/mol. The molecule has 0 aliphatic rings. The fourth-order valence-corrected chi connectivity index (χ4v) is 1.84. The van der Waals surface area contributed by atoms with Gasteiger partial charge in [-0.1, -0.05) is 25.8 Å². The SMILES string of the molecule is CCCCC(CN)NC(=O)Cc1c(F)cccc1F.Cl. The number of hydrogen-bond donors (Lipinski definition) is 2. The summed E-state index contributed by atoms with van der Waals surface area (Å²) < 4.78 is 26.8. The van der Waals surface area contributed by atoms with Crippen LogP contribution in [-0.4, -0.2) is 18.5 Å². The second-order valence-electron chi connectivity index (χ2n) is 4.52. The van der Waals surface area contributed by atoms with Crippen molar-refractivity contribution >= 4 is 18.3 Å². The highest BCUT2D eigenvalue weighted by Crippen LogP contribution is 2.12. The summed E-state index contributed by atoms with van der Waals surface area (Å²) in [5, 5.41) is 2.71. The second kappa shape index (κ2) is 9.66. The van der Waals surface area contributed by atoms with Crippen LogP contribution in [0.15, 0.2) is 18.2 Å². The maximum Gasteiger partial charge on any atom is 0.224 e. The van der Waals surface area contributed by atoms with Crippen molar-refractivity contribution in [2.75, 3.05) is 6.54 Å². The predicted octanol–water partition coefficient (Wildman–Crippen LogP) is 2.56. The maximum absolute atomic E-state index is 13.4. The van der Waals surface area contributed by atoms with Gasteiger partial charge in [0.15, 0.2) is 0 Å². The van der Waals surface area contributed by atoms with E-state index >= 15 is 0 Å². The number of nitrogens with one attached hydrogen (secondary N) is 1. The molecule has 0 radical (unpaired) electrons. The third-order valence-electron chi connectivity index (χ3n) is 2.95. The van der Waals surface area contributed by atoms with Gasteiger partial charge in [-0.15, -0.1) is 12.4 Å². The summed E-state index contributed by atoms with van der Waals surface area (Å²) in [6.07, 6.45) is 2.43. The van der Waals surface area contributed by atoms with Crippen molar-refractivity contribution in [2.45, 2.75) is 38.6 Å². The van der Waals surface area contributed by atoms with Gasteiger partial charge in [-0.25, -0.2) is 8.78 Å². The summed E-state index contributed by atoms with van der Waals surface area (Å²) in [4.78, 5) is 11.7. The Morgan fingerprint density at radius 3 is 2.45 bits per heavy atom. The number of rotatable bonds is 7. The molecular weight excluding hydrogens is 286 g/mol. The Morgan fingerprint density at radius 2 is 1.95 bits per heavy atom. The van der Waals surface area contributed by atoms with E-state index in [-0.39, 0.29) is 30.4 Å². The molecule has 0 heterocycles. The lowest BCUT2D eigenvalue weighted by atomic mass is 10.1. The largest absolute Gasteiger partial charge is 0.352 e. The van der Waals surface area contributed by atoms with Crippen LogP contribution in [0.2, 0.25) is 0 Å². The molecule has 0 aromatic heterocycles. The van der Waals surface area contributed by atoms with Crippen LogP contribution in [0.1, 0.15) is 31.7 Å². The van der Waals surface area contributed by atoms with Crippen LogP contribution in [-0.2, 0) is 11.2 Å². The number of halogens is 3. The van der Waals surface area contributed by atoms with Gasteiger partial charge >= 0.3 is 0 Å². The van der Waals surface area contributed by atoms with Gasteiger partial charge in [0, 0.05) is 18.2 Å². The molecule has 1 amide bonds. The zero-order valence-electron chi connectivity index (χ0n) is 11.5. The lowest BCUT2D eigenvalue weighted by molar-refractivity contribution is -0.121. The molecule has 6 heteroatoms. The second-order valence-corrected chi connectivity index (χ2v) is 4.52. The van der Waals surface area contributed by atoms with Gasteiger partial charge in [0.2, 0.25) is 5.91 Å². The van der Waals surface area contributed by atoms with Crippen molar-refractivity contribution in [3.05, 3.63) is 35.4 Å². The predicted molar refractivity (Wildman–Crippen MR) is 77.8 cm³/mol. The highest BCUT2D eigenvalue weighted by atomic mass is 35.5. The van der Waals surface area contributed by atoms with E-state index in [2.05, 4.69) is 5.32 Å². The first-order valence-corrected chi connectivity index (χ1v) is 6.50. The van der Waals surface area contributed by atoms with Crippen molar-refractivity contribution in [3.63, 3.8) is 0 Å². The Labute approximate surface area is 124 Å². The summed E-state index contributed by atoms with van der Waals surface area (Å²) in [5.41, 5.74) is 5.35. The molecule has 0 aliphatic carbocycles. The van der Waals surface area contributed by atoms with Crippen molar-refractivity contribution < 1.29 is 13.6 Å². The Balaban J connectivity index is 0.00000361. The summed E-state index contributed by atoms with van der Waals surface area (Å²) in [7, 11) is 0. The summed E-state index contributed by atoms with van der Waals surface area (Å²) in [5.74, 6) is -1.81. The Morgan fingerprint density at radius 1 is 1.35 bits per heavy atom. The molecule has 114 valence electrons. The molecule has 1 aromatic carbocycles. The molecule has 0 fully saturated rings. The van der Waals surface area contributed by atoms with Crippen LogP contribution in [0.3, 0.4) is 0 Å². The summed E-state index contributed by atoms with van der Waals surface area (Å²) >= 11 is 0. The maximum atomic E-state index is 13.4. The molecule has 1 rings (SSSR count). The van der Waals surface area contributed by atoms with Gasteiger partial charge in [0.25, 0.3) is 0 Å². The number of carbonyl (C=O) groups excluding carboxylic acids is 1. The number of benzene rings is 1. The minimum atomic E-state index is -0.701. The van der Waals surface area contributed by atoms with E-state index < -0.39 is 17.5 Å². The zero-order chi connectivity index (χ0) is 14.3. The lowest BCUT2D eigenvalue weighted by Gasteiger charge is -2.16. The van der Waals surface area contributed by atoms with Crippen LogP contribution in [0, 0.1) is 11.6 Å². The standard InChI is InChI=1S/C14H20F2N2O.ClH/c1-2-3-5-10(9-17)18-14(19)8-11-12(15)6-4-7-13(11)16;/h4,6-7,10H,2-3,5,8-9,17H2,1H3,(H,18,19);1H. The molecule has 0 saturated heterocycles. The van der Waals surface area contributed by atoms with Gasteiger partial charge in [-0.05, 0) is 18.6 Å². The molecule has 0 saturated carbocycles. The molecule has 3 N–H and O–H groups in total. The first-order chi connectivity index (χ1) is 9.08. The van der Waals surface area contributed by atoms with Crippen LogP contribution in [0.5, 0.6) is 0 Å². The summed E-state index contributed by atoms with van der Waals surface area (Å²) in [6.45, 7) is 2.37. The average molecular weight is 307 g/mol. The molecule has 1 unspecified atom stereocenters. The fraction of sp³-hybridized carbons (Fsp3) is 0.500. The van der Waals surface area contributed by atoms with E-state index in [1.165, 1.54) is 6.07 Å². The molecule has 1 atom stereocenters. The van der Waals surface area contributed by atoms with Gasteiger partial charge in [-0.3, -0.25) is 4.79 Å². The smallest absolute Gasteiger partial charge is 0.224 e. The lowest BCUT2D eigenvalue weighted by Crippen LogP contribution is -2.41. The van der Waals surface area contributed by atoms with Gasteiger partial charge in [0.05, 0.1) is 6.42 Å². The van der Waals surface area contributed by atoms with E-state index in [1.807, 2.05) is 6.92 Å². The summed E-state index contributed by atoms with van der Waals surface area (Å²) in [6, 6.07) is 3.42. The molecule has 0 aliphatic heterocycles. The highest BCUT2D eigenvalue weighted by molar-refractivity contribution is 5.85. The third-order valence-corrected chi connectivity index (χ3v) is 2.95. The van der Waals surface area contributed by atoms with Crippen molar-refractivity contribution in [1.29, 1.82) is 0 Å². The molecular formula is C14H21ClF2N2O. The van der Waals surface area contributed by atoms with Crippen molar-refractivity contribution in [2.24, 2.45) is 5.73 Å². The Kier molecular flexibility index (Phi) is 9.08. The van der Waals surface area contributed by atoms with Gasteiger partial charge in [0.1, 0.15) is 11.6 Å². The fourth-order valence-electron chi connectivity index (χ4n) is 1.84. The molecule has 0 spiro atoms. The van der Waals surface area contributed by atoms with E-state index in [0.717, 1.165) is 31.4 Å². The number of unbranched alkanes of at least 4 members (excludes halogenated alkanes) is 1. The topological polar surface area (TPSA) is 55.1 Å². The van der Waals surface area contributed by atoms with Gasteiger partial charge < -0.3 is 11.1 Å². The van der Waals surface area contributed by atoms with Crippen LogP contribution in [0.25, 0.3) is 0 Å². The molecule has 20 heavy (non-hydrogen) atoms. The van der Waals surface area contributed by atoms with E-state index in [4.69, 9.17) is 5.73 Å². The van der Waals surface area contributed by atoms with Crippen molar-refractivity contribution in [3.8, 4) is 0 Å². The normalized spacial score (nSPS) is 11.6. The highest BCUT2D eigenvalue weighted by Gasteiger charge is 2.15. The Hall–Kier alpha value is -1.20. The third kappa shape index (κ3) is 5.84. The van der Waals surface area contributed by atoms with E-state index in [1.54, 1.807) is 0 Å². The number of amides is 1. The van der Waals surface area contributed by atoms with Crippen molar-refractivity contribution in [1.82, 2.24) is 5.32 Å². The first-order valence-electron chi connectivity index (χ1n) is 6.50. The van der Waals surface area contributed by atoms with Crippen LogP contribution < -0.4 is 11.1 Å². The average Bonchev–Trinajstić information content (AvgIpc) is 2.39. The molecule has 0 bridgehead atoms. The zero-order valence-corrected chi connectivity index (χ0v) is 12.3.